The normalized spacial score (nSPS) is 10.1. The zero-order valence-corrected chi connectivity index (χ0v) is 13.3. The van der Waals surface area contributed by atoms with E-state index in [4.69, 9.17) is 5.11 Å². The van der Waals surface area contributed by atoms with Crippen molar-refractivity contribution in [2.24, 2.45) is 0 Å². The highest BCUT2D eigenvalue weighted by molar-refractivity contribution is 5.90. The Kier molecular flexibility index (Phi) is 6.08. The summed E-state index contributed by atoms with van der Waals surface area (Å²) >= 11 is 0. The number of fused-ring (bicyclic) bond motifs is 1. The van der Waals surface area contributed by atoms with Gasteiger partial charge in [-0.3, -0.25) is 4.98 Å². The van der Waals surface area contributed by atoms with Crippen molar-refractivity contribution in [2.75, 3.05) is 23.8 Å². The lowest BCUT2D eigenvalue weighted by Crippen LogP contribution is -2.10. The molecule has 0 saturated carbocycles. The highest BCUT2D eigenvalue weighted by Gasteiger charge is 2.06. The van der Waals surface area contributed by atoms with Gasteiger partial charge in [0.15, 0.2) is 0 Å². The molecule has 0 spiro atoms. The van der Waals surface area contributed by atoms with Crippen LogP contribution in [0.1, 0.15) is 5.56 Å². The zero-order chi connectivity index (χ0) is 15.2. The second-order valence-electron chi connectivity index (χ2n) is 4.78. The van der Waals surface area contributed by atoms with E-state index in [2.05, 4.69) is 25.6 Å². The molecular formula is C16H18ClN5O. The summed E-state index contributed by atoms with van der Waals surface area (Å²) in [7, 11) is 0. The van der Waals surface area contributed by atoms with Gasteiger partial charge in [0.2, 0.25) is 5.95 Å². The SMILES string of the molecule is Cl.OCCNc1nc(NCc2cccnc2)nc2ccccc12. The van der Waals surface area contributed by atoms with Gasteiger partial charge in [-0.15, -0.1) is 12.4 Å². The Labute approximate surface area is 140 Å². The summed E-state index contributed by atoms with van der Waals surface area (Å²) in [6.07, 6.45) is 3.55. The molecule has 0 unspecified atom stereocenters. The molecule has 1 aromatic carbocycles. The molecule has 0 aliphatic heterocycles. The minimum Gasteiger partial charge on any atom is -0.395 e. The number of aromatic nitrogens is 3. The Morgan fingerprint density at radius 2 is 1.87 bits per heavy atom. The number of hydrogen-bond donors (Lipinski definition) is 3. The number of rotatable bonds is 6. The first-order valence-corrected chi connectivity index (χ1v) is 7.11. The van der Waals surface area contributed by atoms with Crippen molar-refractivity contribution in [2.45, 2.75) is 6.54 Å². The van der Waals surface area contributed by atoms with Crippen LogP contribution in [0, 0.1) is 0 Å². The van der Waals surface area contributed by atoms with Gasteiger partial charge < -0.3 is 15.7 Å². The summed E-state index contributed by atoms with van der Waals surface area (Å²) in [5.74, 6) is 1.26. The van der Waals surface area contributed by atoms with Crippen LogP contribution in [0.4, 0.5) is 11.8 Å². The predicted octanol–water partition coefficient (Wildman–Crippen LogP) is 2.46. The van der Waals surface area contributed by atoms with Gasteiger partial charge >= 0.3 is 0 Å². The summed E-state index contributed by atoms with van der Waals surface area (Å²) in [4.78, 5) is 13.1. The molecule has 0 saturated heterocycles. The van der Waals surface area contributed by atoms with Crippen LogP contribution in [0.3, 0.4) is 0 Å². The molecule has 2 aromatic heterocycles. The van der Waals surface area contributed by atoms with Crippen LogP contribution in [-0.2, 0) is 6.54 Å². The van der Waals surface area contributed by atoms with Gasteiger partial charge in [0.05, 0.1) is 12.1 Å². The maximum absolute atomic E-state index is 8.99. The lowest BCUT2D eigenvalue weighted by molar-refractivity contribution is 0.311. The van der Waals surface area contributed by atoms with Crippen LogP contribution < -0.4 is 10.6 Å². The van der Waals surface area contributed by atoms with Gasteiger partial charge in [-0.05, 0) is 23.8 Å². The first kappa shape index (κ1) is 16.9. The number of aliphatic hydroxyl groups is 1. The molecule has 7 heteroatoms. The molecule has 0 bridgehead atoms. The monoisotopic (exact) mass is 331 g/mol. The third kappa shape index (κ3) is 4.28. The number of nitrogens with zero attached hydrogens (tertiary/aromatic N) is 3. The molecule has 0 fully saturated rings. The quantitative estimate of drug-likeness (QED) is 0.643. The Balaban J connectivity index is 0.00000192. The van der Waals surface area contributed by atoms with Crippen molar-refractivity contribution < 1.29 is 5.11 Å². The maximum atomic E-state index is 8.99. The fourth-order valence-corrected chi connectivity index (χ4v) is 2.15. The zero-order valence-electron chi connectivity index (χ0n) is 12.4. The summed E-state index contributed by atoms with van der Waals surface area (Å²) in [6, 6.07) is 11.7. The first-order valence-electron chi connectivity index (χ1n) is 7.11. The Morgan fingerprint density at radius 1 is 1.00 bits per heavy atom. The van der Waals surface area contributed by atoms with Crippen molar-refractivity contribution in [3.05, 3.63) is 54.4 Å². The average Bonchev–Trinajstić information content (AvgIpc) is 2.58. The largest absolute Gasteiger partial charge is 0.395 e. The van der Waals surface area contributed by atoms with Crippen LogP contribution in [0.5, 0.6) is 0 Å². The van der Waals surface area contributed by atoms with Crippen molar-refractivity contribution >= 4 is 35.1 Å². The van der Waals surface area contributed by atoms with Crippen LogP contribution in [0.2, 0.25) is 0 Å². The summed E-state index contributed by atoms with van der Waals surface area (Å²) < 4.78 is 0. The summed E-state index contributed by atoms with van der Waals surface area (Å²) in [5.41, 5.74) is 1.91. The van der Waals surface area contributed by atoms with E-state index >= 15 is 0 Å². The number of para-hydroxylation sites is 1. The fourth-order valence-electron chi connectivity index (χ4n) is 2.15. The molecule has 3 N–H and O–H groups in total. The van der Waals surface area contributed by atoms with Crippen molar-refractivity contribution in [1.29, 1.82) is 0 Å². The van der Waals surface area contributed by atoms with Crippen molar-refractivity contribution in [3.8, 4) is 0 Å². The van der Waals surface area contributed by atoms with Gasteiger partial charge in [0.1, 0.15) is 5.82 Å². The van der Waals surface area contributed by atoms with Gasteiger partial charge in [-0.25, -0.2) is 4.98 Å². The number of nitrogens with one attached hydrogen (secondary N) is 2. The number of aliphatic hydroxyl groups excluding tert-OH is 1. The van der Waals surface area contributed by atoms with E-state index in [9.17, 15) is 0 Å². The minimum atomic E-state index is 0. The molecule has 0 radical (unpaired) electrons. The fraction of sp³-hybridized carbons (Fsp3) is 0.188. The van der Waals surface area contributed by atoms with Crippen LogP contribution in [-0.4, -0.2) is 33.2 Å². The van der Waals surface area contributed by atoms with Crippen LogP contribution in [0.25, 0.3) is 10.9 Å². The molecule has 0 amide bonds. The van der Waals surface area contributed by atoms with Crippen LogP contribution >= 0.6 is 12.4 Å². The van der Waals surface area contributed by atoms with Gasteiger partial charge in [0, 0.05) is 30.9 Å². The molecule has 0 atom stereocenters. The van der Waals surface area contributed by atoms with E-state index in [0.717, 1.165) is 16.5 Å². The smallest absolute Gasteiger partial charge is 0.225 e. The Morgan fingerprint density at radius 3 is 2.65 bits per heavy atom. The lowest BCUT2D eigenvalue weighted by atomic mass is 10.2. The van der Waals surface area contributed by atoms with Crippen molar-refractivity contribution in [1.82, 2.24) is 15.0 Å². The summed E-state index contributed by atoms with van der Waals surface area (Å²) in [5, 5.41) is 16.3. The van der Waals surface area contributed by atoms with E-state index in [0.29, 0.717) is 24.9 Å². The van der Waals surface area contributed by atoms with Gasteiger partial charge in [0.25, 0.3) is 0 Å². The molecule has 120 valence electrons. The van der Waals surface area contributed by atoms with E-state index in [1.54, 1.807) is 12.4 Å². The molecule has 23 heavy (non-hydrogen) atoms. The van der Waals surface area contributed by atoms with E-state index in [1.165, 1.54) is 0 Å². The third-order valence-electron chi connectivity index (χ3n) is 3.18. The number of halogens is 1. The average molecular weight is 332 g/mol. The van der Waals surface area contributed by atoms with E-state index < -0.39 is 0 Å². The number of anilines is 2. The first-order chi connectivity index (χ1) is 10.9. The number of pyridine rings is 1. The molecule has 0 aliphatic carbocycles. The molecular weight excluding hydrogens is 314 g/mol. The van der Waals surface area contributed by atoms with Gasteiger partial charge in [-0.1, -0.05) is 18.2 Å². The lowest BCUT2D eigenvalue weighted by Gasteiger charge is -2.11. The molecule has 3 aromatic rings. The second kappa shape index (κ2) is 8.26. The minimum absolute atomic E-state index is 0. The topological polar surface area (TPSA) is 83.0 Å². The Bertz CT molecular complexity index is 754. The summed E-state index contributed by atoms with van der Waals surface area (Å²) in [6.45, 7) is 1.10. The third-order valence-corrected chi connectivity index (χ3v) is 3.18. The standard InChI is InChI=1S/C16H17N5O.ClH/c22-9-8-18-15-13-5-1-2-6-14(13)20-16(21-15)19-11-12-4-3-7-17-10-12;/h1-7,10,22H,8-9,11H2,(H2,18,19,20,21);1H. The van der Waals surface area contributed by atoms with Crippen LogP contribution in [0.15, 0.2) is 48.8 Å². The van der Waals surface area contributed by atoms with E-state index in [-0.39, 0.29) is 19.0 Å². The molecule has 2 heterocycles. The highest BCUT2D eigenvalue weighted by Crippen LogP contribution is 2.21. The molecule has 6 nitrogen and oxygen atoms in total. The Hall–Kier alpha value is -2.44. The van der Waals surface area contributed by atoms with E-state index in [1.807, 2.05) is 36.4 Å². The van der Waals surface area contributed by atoms with Crippen molar-refractivity contribution in [3.63, 3.8) is 0 Å². The highest BCUT2D eigenvalue weighted by atomic mass is 35.5. The molecule has 3 rings (SSSR count). The molecule has 0 aliphatic rings. The number of hydrogen-bond acceptors (Lipinski definition) is 6. The number of benzene rings is 1. The second-order valence-corrected chi connectivity index (χ2v) is 4.78. The van der Waals surface area contributed by atoms with Gasteiger partial charge in [-0.2, -0.15) is 4.98 Å². The maximum Gasteiger partial charge on any atom is 0.225 e. The predicted molar refractivity (Wildman–Crippen MR) is 93.9 cm³/mol.